The van der Waals surface area contributed by atoms with Crippen molar-refractivity contribution in [2.45, 2.75) is 46.3 Å². The molecule has 2 rings (SSSR count). The lowest BCUT2D eigenvalue weighted by Crippen LogP contribution is -2.30. The summed E-state index contributed by atoms with van der Waals surface area (Å²) in [6.07, 6.45) is -3.18. The second-order valence-corrected chi connectivity index (χ2v) is 7.05. The van der Waals surface area contributed by atoms with Crippen molar-refractivity contribution in [3.05, 3.63) is 17.8 Å². The Hall–Kier alpha value is -2.39. The zero-order valence-corrected chi connectivity index (χ0v) is 14.6. The fourth-order valence-electron chi connectivity index (χ4n) is 2.22. The number of aromatic nitrogens is 4. The molecule has 0 radical (unpaired) electrons. The van der Waals surface area contributed by atoms with Gasteiger partial charge in [0, 0.05) is 19.7 Å². The summed E-state index contributed by atoms with van der Waals surface area (Å²) in [5.41, 5.74) is -1.56. The zero-order chi connectivity index (χ0) is 19.0. The highest BCUT2D eigenvalue weighted by Crippen LogP contribution is 2.35. The van der Waals surface area contributed by atoms with E-state index in [1.54, 1.807) is 6.92 Å². The Morgan fingerprint density at radius 3 is 2.56 bits per heavy atom. The fourth-order valence-corrected chi connectivity index (χ4v) is 2.22. The molecule has 0 aliphatic heterocycles. The number of amides is 1. The molecule has 0 aliphatic rings. The summed E-state index contributed by atoms with van der Waals surface area (Å²) in [7, 11) is 1.37. The van der Waals surface area contributed by atoms with Gasteiger partial charge in [-0.15, -0.1) is 0 Å². The van der Waals surface area contributed by atoms with Crippen molar-refractivity contribution in [2.24, 2.45) is 12.5 Å². The minimum Gasteiger partial charge on any atom is -0.345 e. The minimum atomic E-state index is -4.63. The van der Waals surface area contributed by atoms with E-state index in [4.69, 9.17) is 4.52 Å². The van der Waals surface area contributed by atoms with Gasteiger partial charge in [-0.1, -0.05) is 25.9 Å². The lowest BCUT2D eigenvalue weighted by atomic mass is 9.92. The molecule has 1 N–H and O–H groups in total. The third kappa shape index (κ3) is 4.80. The average molecular weight is 359 g/mol. The van der Waals surface area contributed by atoms with Gasteiger partial charge < -0.3 is 9.84 Å². The maximum atomic E-state index is 13.0. The van der Waals surface area contributed by atoms with E-state index in [0.29, 0.717) is 6.42 Å². The number of aryl methyl sites for hydroxylation is 1. The quantitative estimate of drug-likeness (QED) is 0.907. The van der Waals surface area contributed by atoms with Gasteiger partial charge in [0.25, 0.3) is 0 Å². The fraction of sp³-hybridized carbons (Fsp3) is 0.600. The van der Waals surface area contributed by atoms with Crippen LogP contribution in [-0.2, 0) is 18.0 Å². The lowest BCUT2D eigenvalue weighted by Gasteiger charge is -2.18. The Kier molecular flexibility index (Phi) is 4.92. The first-order chi connectivity index (χ1) is 11.4. The normalized spacial score (nSPS) is 13.8. The number of nitrogens with one attached hydrogen (secondary N) is 1. The molecule has 0 spiro atoms. The molecule has 10 heteroatoms. The van der Waals surface area contributed by atoms with Gasteiger partial charge in [0.15, 0.2) is 5.69 Å². The van der Waals surface area contributed by atoms with Crippen molar-refractivity contribution in [2.75, 3.05) is 0 Å². The van der Waals surface area contributed by atoms with Crippen LogP contribution in [0.4, 0.5) is 13.2 Å². The third-order valence-electron chi connectivity index (χ3n) is 3.22. The Labute approximate surface area is 142 Å². The molecular formula is C15H20F3N5O2. The topological polar surface area (TPSA) is 85.8 Å². The standard InChI is InChI=1S/C15H20F3N5O2/c1-8(19-10(24)6-14(2,3)4)13-20-12(22-25-13)9-7-23(5)21-11(9)15(16,17)18/h7-8H,6H2,1-5H3,(H,19,24). The molecule has 0 saturated carbocycles. The molecule has 0 saturated heterocycles. The van der Waals surface area contributed by atoms with E-state index in [1.807, 2.05) is 20.8 Å². The number of nitrogens with zero attached hydrogens (tertiary/aromatic N) is 4. The van der Waals surface area contributed by atoms with E-state index in [1.165, 1.54) is 13.2 Å². The van der Waals surface area contributed by atoms with Crippen LogP contribution in [0.5, 0.6) is 0 Å². The summed E-state index contributed by atoms with van der Waals surface area (Å²) >= 11 is 0. The van der Waals surface area contributed by atoms with Gasteiger partial charge in [-0.05, 0) is 12.3 Å². The first-order valence-electron chi connectivity index (χ1n) is 7.61. The van der Waals surface area contributed by atoms with Crippen LogP contribution in [0.2, 0.25) is 0 Å². The van der Waals surface area contributed by atoms with E-state index in [-0.39, 0.29) is 28.6 Å². The van der Waals surface area contributed by atoms with Crippen molar-refractivity contribution in [3.63, 3.8) is 0 Å². The number of rotatable bonds is 4. The molecule has 7 nitrogen and oxygen atoms in total. The largest absolute Gasteiger partial charge is 0.435 e. The van der Waals surface area contributed by atoms with Crippen LogP contribution in [0.25, 0.3) is 11.4 Å². The first kappa shape index (κ1) is 18.9. The van der Waals surface area contributed by atoms with E-state index in [2.05, 4.69) is 20.6 Å². The molecule has 0 fully saturated rings. The number of carbonyl (C=O) groups excluding carboxylic acids is 1. The van der Waals surface area contributed by atoms with Crippen molar-refractivity contribution in [3.8, 4) is 11.4 Å². The smallest absolute Gasteiger partial charge is 0.345 e. The van der Waals surface area contributed by atoms with Crippen molar-refractivity contribution < 1.29 is 22.5 Å². The molecule has 0 aromatic carbocycles. The Morgan fingerprint density at radius 1 is 1.36 bits per heavy atom. The molecule has 1 atom stereocenters. The van der Waals surface area contributed by atoms with Gasteiger partial charge in [-0.3, -0.25) is 9.48 Å². The van der Waals surface area contributed by atoms with Crippen LogP contribution >= 0.6 is 0 Å². The zero-order valence-electron chi connectivity index (χ0n) is 14.6. The van der Waals surface area contributed by atoms with Crippen LogP contribution in [0.1, 0.15) is 51.7 Å². The number of alkyl halides is 3. The number of hydrogen-bond acceptors (Lipinski definition) is 5. The second kappa shape index (κ2) is 6.49. The molecule has 2 aromatic heterocycles. The minimum absolute atomic E-state index is 0.0224. The third-order valence-corrected chi connectivity index (χ3v) is 3.22. The van der Waals surface area contributed by atoms with E-state index < -0.39 is 17.9 Å². The Morgan fingerprint density at radius 2 is 2.00 bits per heavy atom. The highest BCUT2D eigenvalue weighted by molar-refractivity contribution is 5.76. The van der Waals surface area contributed by atoms with Gasteiger partial charge in [0.05, 0.1) is 5.56 Å². The molecule has 25 heavy (non-hydrogen) atoms. The average Bonchev–Trinajstić information content (AvgIpc) is 3.01. The van der Waals surface area contributed by atoms with Gasteiger partial charge in [0.2, 0.25) is 17.6 Å². The maximum absolute atomic E-state index is 13.0. The summed E-state index contributed by atoms with van der Waals surface area (Å²) in [5.74, 6) is -0.418. The van der Waals surface area contributed by atoms with Crippen LogP contribution in [0, 0.1) is 5.41 Å². The monoisotopic (exact) mass is 359 g/mol. The van der Waals surface area contributed by atoms with E-state index in [9.17, 15) is 18.0 Å². The van der Waals surface area contributed by atoms with Crippen molar-refractivity contribution in [1.29, 1.82) is 0 Å². The number of carbonyl (C=O) groups is 1. The molecule has 2 heterocycles. The molecule has 0 aliphatic carbocycles. The van der Waals surface area contributed by atoms with Crippen LogP contribution < -0.4 is 5.32 Å². The van der Waals surface area contributed by atoms with Gasteiger partial charge in [0.1, 0.15) is 6.04 Å². The van der Waals surface area contributed by atoms with Crippen molar-refractivity contribution >= 4 is 5.91 Å². The predicted octanol–water partition coefficient (Wildman–Crippen LogP) is 3.10. The highest BCUT2D eigenvalue weighted by atomic mass is 19.4. The van der Waals surface area contributed by atoms with Crippen molar-refractivity contribution in [1.82, 2.24) is 25.2 Å². The van der Waals surface area contributed by atoms with Crippen LogP contribution in [-0.4, -0.2) is 25.8 Å². The molecular weight excluding hydrogens is 339 g/mol. The molecule has 138 valence electrons. The summed E-state index contributed by atoms with van der Waals surface area (Å²) in [5, 5.41) is 9.68. The molecule has 2 aromatic rings. The summed E-state index contributed by atoms with van der Waals surface area (Å²) < 4.78 is 45.1. The van der Waals surface area contributed by atoms with E-state index >= 15 is 0 Å². The second-order valence-electron chi connectivity index (χ2n) is 7.05. The lowest BCUT2D eigenvalue weighted by molar-refractivity contribution is -0.141. The maximum Gasteiger partial charge on any atom is 0.435 e. The summed E-state index contributed by atoms with van der Waals surface area (Å²) in [6.45, 7) is 7.38. The predicted molar refractivity (Wildman–Crippen MR) is 82.1 cm³/mol. The Balaban J connectivity index is 2.19. The first-order valence-corrected chi connectivity index (χ1v) is 7.61. The SMILES string of the molecule is CC(NC(=O)CC(C)(C)C)c1nc(-c2cn(C)nc2C(F)(F)F)no1. The van der Waals surface area contributed by atoms with Gasteiger partial charge in [-0.25, -0.2) is 0 Å². The van der Waals surface area contributed by atoms with E-state index in [0.717, 1.165) is 4.68 Å². The number of hydrogen-bond donors (Lipinski definition) is 1. The Bertz CT molecular complexity index is 758. The van der Waals surface area contributed by atoms with Crippen LogP contribution in [0.15, 0.2) is 10.7 Å². The summed E-state index contributed by atoms with van der Waals surface area (Å²) in [6, 6.07) is -0.623. The summed E-state index contributed by atoms with van der Waals surface area (Å²) in [4.78, 5) is 15.9. The van der Waals surface area contributed by atoms with Gasteiger partial charge in [-0.2, -0.15) is 23.3 Å². The van der Waals surface area contributed by atoms with Crippen LogP contribution in [0.3, 0.4) is 0 Å². The molecule has 0 bridgehead atoms. The molecule has 1 amide bonds. The van der Waals surface area contributed by atoms with Gasteiger partial charge >= 0.3 is 6.18 Å². The number of halogens is 3. The molecule has 1 unspecified atom stereocenters. The highest BCUT2D eigenvalue weighted by Gasteiger charge is 2.38.